The van der Waals surface area contributed by atoms with E-state index in [4.69, 9.17) is 21.4 Å². The predicted molar refractivity (Wildman–Crippen MR) is 128 cm³/mol. The maximum Gasteiger partial charge on any atom is 0.132 e. The van der Waals surface area contributed by atoms with Crippen molar-refractivity contribution in [3.8, 4) is 0 Å². The number of piperidine rings is 1. The number of amidine groups is 1. The second kappa shape index (κ2) is 11.1. The Bertz CT molecular complexity index is 850. The van der Waals surface area contributed by atoms with Crippen molar-refractivity contribution in [3.05, 3.63) is 63.8 Å². The van der Waals surface area contributed by atoms with E-state index in [1.165, 1.54) is 0 Å². The first-order valence-corrected chi connectivity index (χ1v) is 10.9. The van der Waals surface area contributed by atoms with Gasteiger partial charge in [0.1, 0.15) is 17.4 Å². The minimum Gasteiger partial charge on any atom is -0.470 e. The van der Waals surface area contributed by atoms with Gasteiger partial charge in [-0.05, 0) is 69.4 Å². The minimum absolute atomic E-state index is 0.558. The molecule has 0 aliphatic carbocycles. The Morgan fingerprint density at radius 3 is 2.53 bits per heavy atom. The predicted octanol–water partition coefficient (Wildman–Crippen LogP) is 5.90. The van der Waals surface area contributed by atoms with Crippen LogP contribution in [0.25, 0.3) is 0 Å². The number of nitrogens with zero attached hydrogens (tertiary/aromatic N) is 2. The van der Waals surface area contributed by atoms with Crippen molar-refractivity contribution in [1.82, 2.24) is 10.2 Å². The van der Waals surface area contributed by atoms with Crippen molar-refractivity contribution in [3.63, 3.8) is 0 Å². The van der Waals surface area contributed by atoms with Gasteiger partial charge in [0, 0.05) is 32.8 Å². The normalized spacial score (nSPS) is 15.4. The summed E-state index contributed by atoms with van der Waals surface area (Å²) in [7, 11) is 4.02. The van der Waals surface area contributed by atoms with Crippen molar-refractivity contribution in [2.75, 3.05) is 32.1 Å². The van der Waals surface area contributed by atoms with Crippen LogP contribution in [0.1, 0.15) is 43.1 Å². The highest BCUT2D eigenvalue weighted by Gasteiger charge is 2.27. The van der Waals surface area contributed by atoms with Crippen LogP contribution < -0.4 is 10.2 Å². The molecule has 0 radical (unpaired) electrons. The fraction of sp³-hybridized carbons (Fsp3) is 0.458. The molecule has 0 unspecified atom stereocenters. The lowest BCUT2D eigenvalue weighted by atomic mass is 10.00. The Morgan fingerprint density at radius 2 is 2.03 bits per heavy atom. The average Bonchev–Trinajstić information content (AvgIpc) is 3.16. The van der Waals surface area contributed by atoms with E-state index in [1.807, 2.05) is 39.1 Å². The molecule has 1 aliphatic rings. The standard InChI is InChI=1S/C19H29ClN4.C5H6O/c1-6-9-23(5)19(22-4)15-8-7-10-24(18(15)21)17-14(3)11-13(2)12-16(17)20;1-5-3-2-4-6-5/h11-12,21-22H,6-10H2,1-5H3;2-4H,1H3/b19-15+,21-18?;. The van der Waals surface area contributed by atoms with Gasteiger partial charge in [-0.1, -0.05) is 24.6 Å². The molecule has 2 aromatic rings. The summed E-state index contributed by atoms with van der Waals surface area (Å²) in [5, 5.41) is 12.8. The first-order valence-electron chi connectivity index (χ1n) is 10.6. The van der Waals surface area contributed by atoms with Gasteiger partial charge in [0.05, 0.1) is 17.0 Å². The highest BCUT2D eigenvalue weighted by Crippen LogP contribution is 2.35. The van der Waals surface area contributed by atoms with Crippen LogP contribution in [0.2, 0.25) is 5.02 Å². The molecule has 1 aromatic heterocycles. The Hall–Kier alpha value is -2.40. The van der Waals surface area contributed by atoms with Crippen LogP contribution in [-0.4, -0.2) is 37.9 Å². The number of anilines is 1. The molecule has 0 bridgehead atoms. The zero-order chi connectivity index (χ0) is 22.3. The van der Waals surface area contributed by atoms with E-state index in [0.29, 0.717) is 5.84 Å². The monoisotopic (exact) mass is 430 g/mol. The molecule has 2 N–H and O–H groups in total. The van der Waals surface area contributed by atoms with Crippen LogP contribution in [0.3, 0.4) is 0 Å². The van der Waals surface area contributed by atoms with Crippen molar-refractivity contribution in [2.45, 2.75) is 47.0 Å². The summed E-state index contributed by atoms with van der Waals surface area (Å²) in [5.41, 5.74) is 4.31. The lowest BCUT2D eigenvalue weighted by molar-refractivity contribution is 0.386. The third-order valence-corrected chi connectivity index (χ3v) is 5.45. The zero-order valence-electron chi connectivity index (χ0n) is 19.1. The van der Waals surface area contributed by atoms with Crippen molar-refractivity contribution in [1.29, 1.82) is 5.41 Å². The maximum absolute atomic E-state index is 8.79. The van der Waals surface area contributed by atoms with Crippen LogP contribution in [0.5, 0.6) is 0 Å². The molecular formula is C24H35ClN4O. The fourth-order valence-electron chi connectivity index (χ4n) is 3.89. The second-order valence-electron chi connectivity index (χ2n) is 7.74. The Kier molecular flexibility index (Phi) is 8.85. The molecule has 0 amide bonds. The van der Waals surface area contributed by atoms with E-state index >= 15 is 0 Å². The second-order valence-corrected chi connectivity index (χ2v) is 8.15. The summed E-state index contributed by atoms with van der Waals surface area (Å²) in [6, 6.07) is 7.90. The van der Waals surface area contributed by atoms with Gasteiger partial charge in [-0.15, -0.1) is 0 Å². The highest BCUT2D eigenvalue weighted by atomic mass is 35.5. The average molecular weight is 431 g/mol. The van der Waals surface area contributed by atoms with E-state index < -0.39 is 0 Å². The highest BCUT2D eigenvalue weighted by molar-refractivity contribution is 6.34. The van der Waals surface area contributed by atoms with Crippen molar-refractivity contribution < 1.29 is 4.42 Å². The van der Waals surface area contributed by atoms with Crippen LogP contribution >= 0.6 is 11.6 Å². The van der Waals surface area contributed by atoms with Gasteiger partial charge in [-0.2, -0.15) is 0 Å². The third kappa shape index (κ3) is 5.82. The smallest absolute Gasteiger partial charge is 0.132 e. The summed E-state index contributed by atoms with van der Waals surface area (Å²) in [4.78, 5) is 4.27. The van der Waals surface area contributed by atoms with Gasteiger partial charge in [0.25, 0.3) is 0 Å². The number of rotatable bonds is 5. The number of nitrogens with one attached hydrogen (secondary N) is 2. The molecule has 6 heteroatoms. The van der Waals surface area contributed by atoms with Gasteiger partial charge in [-0.3, -0.25) is 5.41 Å². The van der Waals surface area contributed by atoms with Crippen molar-refractivity contribution in [2.24, 2.45) is 0 Å². The largest absolute Gasteiger partial charge is 0.470 e. The molecule has 0 saturated carbocycles. The number of hydrogen-bond donors (Lipinski definition) is 2. The maximum atomic E-state index is 8.79. The van der Waals surface area contributed by atoms with Gasteiger partial charge in [-0.25, -0.2) is 0 Å². The molecule has 2 heterocycles. The molecule has 3 rings (SSSR count). The first-order chi connectivity index (χ1) is 14.3. The summed E-state index contributed by atoms with van der Waals surface area (Å²) in [6.07, 6.45) is 4.68. The molecule has 30 heavy (non-hydrogen) atoms. The number of halogens is 1. The third-order valence-electron chi connectivity index (χ3n) is 5.16. The number of benzene rings is 1. The molecule has 164 valence electrons. The van der Waals surface area contributed by atoms with Gasteiger partial charge in [0.15, 0.2) is 0 Å². The number of hydrogen-bond acceptors (Lipinski definition) is 4. The van der Waals surface area contributed by atoms with E-state index in [1.54, 1.807) is 6.26 Å². The van der Waals surface area contributed by atoms with Crippen LogP contribution in [0, 0.1) is 26.2 Å². The SMILES string of the molecule is CCCN(C)/C(NC)=C1\CCCN(c2c(C)cc(C)cc2Cl)C1=N.Cc1ccco1. The molecule has 1 aliphatic heterocycles. The fourth-order valence-corrected chi connectivity index (χ4v) is 4.31. The number of furan rings is 1. The van der Waals surface area contributed by atoms with Gasteiger partial charge >= 0.3 is 0 Å². The zero-order valence-corrected chi connectivity index (χ0v) is 19.9. The summed E-state index contributed by atoms with van der Waals surface area (Å²) in [6.45, 7) is 10.0. The molecule has 0 atom stereocenters. The van der Waals surface area contributed by atoms with E-state index in [2.05, 4.69) is 42.1 Å². The van der Waals surface area contributed by atoms with Crippen LogP contribution in [-0.2, 0) is 0 Å². The van der Waals surface area contributed by atoms with Gasteiger partial charge < -0.3 is 19.5 Å². The van der Waals surface area contributed by atoms with Gasteiger partial charge in [0.2, 0.25) is 0 Å². The van der Waals surface area contributed by atoms with Crippen molar-refractivity contribution >= 4 is 23.1 Å². The molecular weight excluding hydrogens is 396 g/mol. The summed E-state index contributed by atoms with van der Waals surface area (Å²) in [5.74, 6) is 2.57. The summed E-state index contributed by atoms with van der Waals surface area (Å²) < 4.78 is 4.83. The first kappa shape index (κ1) is 23.9. The number of aryl methyl sites for hydroxylation is 3. The van der Waals surface area contributed by atoms with Crippen LogP contribution in [0.15, 0.2) is 46.3 Å². The lowest BCUT2D eigenvalue weighted by Gasteiger charge is -2.35. The van der Waals surface area contributed by atoms with E-state index in [0.717, 1.165) is 71.3 Å². The summed E-state index contributed by atoms with van der Waals surface area (Å²) >= 11 is 6.53. The lowest BCUT2D eigenvalue weighted by Crippen LogP contribution is -2.41. The quantitative estimate of drug-likeness (QED) is 0.620. The molecule has 1 fully saturated rings. The molecule has 1 saturated heterocycles. The molecule has 5 nitrogen and oxygen atoms in total. The van der Waals surface area contributed by atoms with Crippen LogP contribution in [0.4, 0.5) is 5.69 Å². The molecule has 0 spiro atoms. The Labute approximate surface area is 186 Å². The van der Waals surface area contributed by atoms with E-state index in [9.17, 15) is 0 Å². The van der Waals surface area contributed by atoms with E-state index in [-0.39, 0.29) is 0 Å². The Balaban J connectivity index is 0.000000456. The minimum atomic E-state index is 0.558. The topological polar surface area (TPSA) is 55.5 Å². The Morgan fingerprint density at radius 1 is 1.30 bits per heavy atom. The molecule has 1 aromatic carbocycles.